The molecule has 1 aromatic rings. The second-order valence-electron chi connectivity index (χ2n) is 4.42. The van der Waals surface area contributed by atoms with Crippen molar-refractivity contribution < 1.29 is 0 Å². The van der Waals surface area contributed by atoms with Crippen molar-refractivity contribution in [1.29, 1.82) is 0 Å². The molecular formula is C12H23N5. The molecule has 0 aliphatic rings. The number of rotatable bonds is 7. The fourth-order valence-electron chi connectivity index (χ4n) is 1.78. The number of hydrogen-bond donors (Lipinski definition) is 3. The van der Waals surface area contributed by atoms with E-state index in [-0.39, 0.29) is 0 Å². The zero-order valence-electron chi connectivity index (χ0n) is 11.0. The highest BCUT2D eigenvalue weighted by atomic mass is 15.3. The zero-order valence-corrected chi connectivity index (χ0v) is 11.0. The lowest BCUT2D eigenvalue weighted by atomic mass is 10.0. The summed E-state index contributed by atoms with van der Waals surface area (Å²) in [5, 5.41) is 3.36. The predicted molar refractivity (Wildman–Crippen MR) is 71.9 cm³/mol. The summed E-state index contributed by atoms with van der Waals surface area (Å²) in [5.74, 6) is 7.39. The third-order valence-electron chi connectivity index (χ3n) is 2.67. The van der Waals surface area contributed by atoms with Crippen LogP contribution >= 0.6 is 0 Å². The van der Waals surface area contributed by atoms with Crippen LogP contribution in [0.4, 0.5) is 11.6 Å². The van der Waals surface area contributed by atoms with Crippen molar-refractivity contribution in [3.05, 3.63) is 11.9 Å². The lowest BCUT2D eigenvalue weighted by molar-refractivity contribution is 0.739. The van der Waals surface area contributed by atoms with Crippen LogP contribution in [0.25, 0.3) is 0 Å². The molecule has 17 heavy (non-hydrogen) atoms. The van der Waals surface area contributed by atoms with Gasteiger partial charge in [-0.05, 0) is 12.3 Å². The van der Waals surface area contributed by atoms with E-state index in [0.29, 0.717) is 11.7 Å². The summed E-state index contributed by atoms with van der Waals surface area (Å²) < 4.78 is 0. The summed E-state index contributed by atoms with van der Waals surface area (Å²) in [5.41, 5.74) is 3.68. The minimum absolute atomic E-state index is 0.330. The first-order chi connectivity index (χ1) is 8.20. The van der Waals surface area contributed by atoms with Crippen LogP contribution in [-0.4, -0.2) is 16.5 Å². The van der Waals surface area contributed by atoms with Gasteiger partial charge >= 0.3 is 0 Å². The van der Waals surface area contributed by atoms with Crippen molar-refractivity contribution in [2.24, 2.45) is 5.84 Å². The van der Waals surface area contributed by atoms with Gasteiger partial charge in [-0.2, -0.15) is 0 Å². The van der Waals surface area contributed by atoms with Crippen molar-refractivity contribution >= 4 is 11.6 Å². The van der Waals surface area contributed by atoms with Gasteiger partial charge in [0.15, 0.2) is 0 Å². The van der Waals surface area contributed by atoms with E-state index in [2.05, 4.69) is 41.5 Å². The van der Waals surface area contributed by atoms with E-state index in [4.69, 9.17) is 5.84 Å². The van der Waals surface area contributed by atoms with E-state index in [1.165, 1.54) is 19.2 Å². The fourth-order valence-corrected chi connectivity index (χ4v) is 1.78. The van der Waals surface area contributed by atoms with Gasteiger partial charge in [0.05, 0.1) is 0 Å². The van der Waals surface area contributed by atoms with Gasteiger partial charge in [0.1, 0.15) is 18.0 Å². The Hall–Kier alpha value is -1.36. The molecule has 0 aliphatic heterocycles. The van der Waals surface area contributed by atoms with Crippen molar-refractivity contribution in [2.45, 2.75) is 46.0 Å². The second-order valence-corrected chi connectivity index (χ2v) is 4.42. The quantitative estimate of drug-likeness (QED) is 0.386. The molecule has 0 atom stereocenters. The average molecular weight is 237 g/mol. The van der Waals surface area contributed by atoms with E-state index >= 15 is 0 Å². The van der Waals surface area contributed by atoms with Gasteiger partial charge in [-0.1, -0.05) is 33.6 Å². The standard InChI is InChI=1S/C12H23N5/c1-4-5-6-7-14-11-10(9(2)3)12(17-13)16-8-15-11/h8-9H,4-7,13H2,1-3H3,(H2,14,15,16,17). The summed E-state index contributed by atoms with van der Waals surface area (Å²) in [6.07, 6.45) is 5.14. The lowest BCUT2D eigenvalue weighted by Gasteiger charge is -2.16. The molecule has 4 N–H and O–H groups in total. The van der Waals surface area contributed by atoms with Crippen LogP contribution < -0.4 is 16.6 Å². The molecule has 0 fully saturated rings. The number of nitrogen functional groups attached to an aromatic ring is 1. The molecule has 0 spiro atoms. The summed E-state index contributed by atoms with van der Waals surface area (Å²) >= 11 is 0. The number of anilines is 2. The molecule has 0 aromatic carbocycles. The number of nitrogens with two attached hydrogens (primary N) is 1. The Labute approximate surface area is 103 Å². The predicted octanol–water partition coefficient (Wildman–Crippen LogP) is 2.49. The van der Waals surface area contributed by atoms with Crippen molar-refractivity contribution in [3.8, 4) is 0 Å². The first-order valence-corrected chi connectivity index (χ1v) is 6.26. The Morgan fingerprint density at radius 1 is 1.24 bits per heavy atom. The van der Waals surface area contributed by atoms with E-state index in [1.54, 1.807) is 0 Å². The van der Waals surface area contributed by atoms with Gasteiger partial charge in [0, 0.05) is 12.1 Å². The molecule has 5 heteroatoms. The normalized spacial score (nSPS) is 10.6. The molecule has 0 bridgehead atoms. The molecule has 1 aromatic heterocycles. The average Bonchev–Trinajstić information content (AvgIpc) is 2.33. The molecular weight excluding hydrogens is 214 g/mol. The Kier molecular flexibility index (Phi) is 5.69. The van der Waals surface area contributed by atoms with Gasteiger partial charge in [-0.3, -0.25) is 0 Å². The van der Waals surface area contributed by atoms with Crippen LogP contribution in [0.3, 0.4) is 0 Å². The Bertz CT molecular complexity index is 338. The molecule has 1 heterocycles. The van der Waals surface area contributed by atoms with Gasteiger partial charge in [0.25, 0.3) is 0 Å². The smallest absolute Gasteiger partial charge is 0.148 e. The maximum Gasteiger partial charge on any atom is 0.148 e. The largest absolute Gasteiger partial charge is 0.370 e. The second kappa shape index (κ2) is 7.06. The van der Waals surface area contributed by atoms with Gasteiger partial charge in [-0.25, -0.2) is 15.8 Å². The third-order valence-corrected chi connectivity index (χ3v) is 2.67. The van der Waals surface area contributed by atoms with Crippen molar-refractivity contribution in [2.75, 3.05) is 17.3 Å². The van der Waals surface area contributed by atoms with Crippen LogP contribution in [0.1, 0.15) is 51.5 Å². The van der Waals surface area contributed by atoms with E-state index in [0.717, 1.165) is 24.3 Å². The zero-order chi connectivity index (χ0) is 12.7. The first kappa shape index (κ1) is 13.7. The summed E-state index contributed by atoms with van der Waals surface area (Å²) in [7, 11) is 0. The number of hydrazine groups is 1. The Morgan fingerprint density at radius 2 is 1.94 bits per heavy atom. The van der Waals surface area contributed by atoms with Crippen LogP contribution in [0.2, 0.25) is 0 Å². The highest BCUT2D eigenvalue weighted by Crippen LogP contribution is 2.27. The first-order valence-electron chi connectivity index (χ1n) is 6.26. The van der Waals surface area contributed by atoms with Gasteiger partial charge < -0.3 is 10.7 Å². The van der Waals surface area contributed by atoms with Gasteiger partial charge in [0.2, 0.25) is 0 Å². The number of nitrogens with one attached hydrogen (secondary N) is 2. The summed E-state index contributed by atoms with van der Waals surface area (Å²) in [6, 6.07) is 0. The van der Waals surface area contributed by atoms with E-state index in [9.17, 15) is 0 Å². The molecule has 0 radical (unpaired) electrons. The summed E-state index contributed by atoms with van der Waals surface area (Å²) in [6.45, 7) is 7.35. The van der Waals surface area contributed by atoms with Crippen LogP contribution in [0, 0.1) is 0 Å². The summed E-state index contributed by atoms with van der Waals surface area (Å²) in [4.78, 5) is 8.42. The van der Waals surface area contributed by atoms with E-state index < -0.39 is 0 Å². The molecule has 0 amide bonds. The van der Waals surface area contributed by atoms with E-state index in [1.807, 2.05) is 0 Å². The van der Waals surface area contributed by atoms with Crippen LogP contribution in [0.15, 0.2) is 6.33 Å². The highest BCUT2D eigenvalue weighted by molar-refractivity contribution is 5.58. The van der Waals surface area contributed by atoms with Gasteiger partial charge in [-0.15, -0.1) is 0 Å². The molecule has 5 nitrogen and oxygen atoms in total. The molecule has 0 aliphatic carbocycles. The molecule has 0 unspecified atom stereocenters. The maximum absolute atomic E-state index is 5.47. The fraction of sp³-hybridized carbons (Fsp3) is 0.667. The number of nitrogens with zero attached hydrogens (tertiary/aromatic N) is 2. The van der Waals surface area contributed by atoms with Crippen LogP contribution in [0.5, 0.6) is 0 Å². The molecule has 1 rings (SSSR count). The Balaban J connectivity index is 2.76. The Morgan fingerprint density at radius 3 is 2.53 bits per heavy atom. The SMILES string of the molecule is CCCCCNc1ncnc(NN)c1C(C)C. The maximum atomic E-state index is 5.47. The third kappa shape index (κ3) is 3.85. The number of unbranched alkanes of at least 4 members (excludes halogenated alkanes) is 2. The number of aromatic nitrogens is 2. The minimum Gasteiger partial charge on any atom is -0.370 e. The highest BCUT2D eigenvalue weighted by Gasteiger charge is 2.13. The topological polar surface area (TPSA) is 75.9 Å². The van der Waals surface area contributed by atoms with Crippen molar-refractivity contribution in [3.63, 3.8) is 0 Å². The molecule has 0 saturated carbocycles. The monoisotopic (exact) mass is 237 g/mol. The van der Waals surface area contributed by atoms with Crippen molar-refractivity contribution in [1.82, 2.24) is 9.97 Å². The number of hydrogen-bond acceptors (Lipinski definition) is 5. The molecule has 96 valence electrons. The van der Waals surface area contributed by atoms with Crippen LogP contribution in [-0.2, 0) is 0 Å². The minimum atomic E-state index is 0.330. The lowest BCUT2D eigenvalue weighted by Crippen LogP contribution is -2.15. The molecule has 0 saturated heterocycles.